The van der Waals surface area contributed by atoms with Crippen molar-refractivity contribution in [2.45, 2.75) is 12.5 Å². The Morgan fingerprint density at radius 2 is 1.50 bits per heavy atom. The second-order valence-corrected chi connectivity index (χ2v) is 7.40. The molecule has 0 amide bonds. The molecule has 1 N–H and O–H groups in total. The standard InChI is InChI=1S/C24H24ClNO4/c1-26(17-24(27)28)16-15-23(18-5-3-2-4-6-18)30-22-13-11-21(12-14-22)29-20-9-7-19(25)8-10-20/h2-14,23H,15-17H2,1H3,(H,27,28). The van der Waals surface area contributed by atoms with Crippen LogP contribution in [0.4, 0.5) is 0 Å². The van der Waals surface area contributed by atoms with Gasteiger partial charge in [0.05, 0.1) is 6.54 Å². The van der Waals surface area contributed by atoms with Gasteiger partial charge in [-0.2, -0.15) is 0 Å². The molecule has 0 aliphatic rings. The first kappa shape index (κ1) is 21.7. The van der Waals surface area contributed by atoms with Gasteiger partial charge < -0.3 is 14.6 Å². The number of aliphatic carboxylic acids is 1. The third-order valence-electron chi connectivity index (χ3n) is 4.50. The fraction of sp³-hybridized carbons (Fsp3) is 0.208. The normalized spacial score (nSPS) is 11.8. The lowest BCUT2D eigenvalue weighted by Crippen LogP contribution is -2.28. The minimum atomic E-state index is -0.842. The fourth-order valence-electron chi connectivity index (χ4n) is 3.00. The van der Waals surface area contributed by atoms with Crippen molar-refractivity contribution in [1.29, 1.82) is 0 Å². The van der Waals surface area contributed by atoms with Crippen LogP contribution in [0.1, 0.15) is 18.1 Å². The average molecular weight is 426 g/mol. The van der Waals surface area contributed by atoms with Crippen LogP contribution in [-0.2, 0) is 4.79 Å². The molecule has 3 rings (SSSR count). The van der Waals surface area contributed by atoms with Crippen LogP contribution < -0.4 is 9.47 Å². The molecule has 3 aromatic rings. The van der Waals surface area contributed by atoms with E-state index in [9.17, 15) is 4.79 Å². The van der Waals surface area contributed by atoms with E-state index in [1.54, 1.807) is 24.1 Å². The molecule has 0 fully saturated rings. The lowest BCUT2D eigenvalue weighted by Gasteiger charge is -2.22. The molecule has 30 heavy (non-hydrogen) atoms. The largest absolute Gasteiger partial charge is 0.486 e. The van der Waals surface area contributed by atoms with Crippen LogP contribution >= 0.6 is 11.6 Å². The van der Waals surface area contributed by atoms with Gasteiger partial charge in [-0.3, -0.25) is 9.69 Å². The van der Waals surface area contributed by atoms with Crippen LogP contribution in [0.2, 0.25) is 5.02 Å². The highest BCUT2D eigenvalue weighted by Gasteiger charge is 2.15. The number of hydrogen-bond donors (Lipinski definition) is 1. The molecule has 5 nitrogen and oxygen atoms in total. The van der Waals surface area contributed by atoms with Gasteiger partial charge in [-0.15, -0.1) is 0 Å². The van der Waals surface area contributed by atoms with Gasteiger partial charge in [0.25, 0.3) is 0 Å². The first-order valence-corrected chi connectivity index (χ1v) is 10.0. The predicted molar refractivity (Wildman–Crippen MR) is 118 cm³/mol. The first-order chi connectivity index (χ1) is 14.5. The van der Waals surface area contributed by atoms with Crippen molar-refractivity contribution in [1.82, 2.24) is 4.90 Å². The van der Waals surface area contributed by atoms with Gasteiger partial charge in [0.2, 0.25) is 0 Å². The minimum Gasteiger partial charge on any atom is -0.486 e. The lowest BCUT2D eigenvalue weighted by molar-refractivity contribution is -0.138. The molecule has 0 aliphatic heterocycles. The summed E-state index contributed by atoms with van der Waals surface area (Å²) in [4.78, 5) is 12.7. The second-order valence-electron chi connectivity index (χ2n) is 6.96. The number of nitrogens with zero attached hydrogens (tertiary/aromatic N) is 1. The van der Waals surface area contributed by atoms with Crippen molar-refractivity contribution < 1.29 is 19.4 Å². The molecule has 3 aromatic carbocycles. The molecular formula is C24H24ClNO4. The van der Waals surface area contributed by atoms with E-state index in [-0.39, 0.29) is 12.6 Å². The van der Waals surface area contributed by atoms with Gasteiger partial charge in [-0.25, -0.2) is 0 Å². The van der Waals surface area contributed by atoms with E-state index in [0.717, 1.165) is 5.56 Å². The summed E-state index contributed by atoms with van der Waals surface area (Å²) in [6.45, 7) is 0.599. The van der Waals surface area contributed by atoms with Gasteiger partial charge in [0, 0.05) is 18.0 Å². The summed E-state index contributed by atoms with van der Waals surface area (Å²) < 4.78 is 12.0. The number of ether oxygens (including phenoxy) is 2. The van der Waals surface area contributed by atoms with E-state index >= 15 is 0 Å². The fourth-order valence-corrected chi connectivity index (χ4v) is 3.12. The SMILES string of the molecule is CN(CCC(Oc1ccc(Oc2ccc(Cl)cc2)cc1)c1ccccc1)CC(=O)O. The molecule has 0 aromatic heterocycles. The smallest absolute Gasteiger partial charge is 0.317 e. The van der Waals surface area contributed by atoms with Crippen LogP contribution in [0, 0.1) is 0 Å². The number of benzene rings is 3. The molecule has 0 radical (unpaired) electrons. The Hall–Kier alpha value is -3.02. The van der Waals surface area contributed by atoms with E-state index in [4.69, 9.17) is 26.2 Å². The summed E-state index contributed by atoms with van der Waals surface area (Å²) in [6.07, 6.45) is 0.474. The monoisotopic (exact) mass is 425 g/mol. The summed E-state index contributed by atoms with van der Waals surface area (Å²) in [5.74, 6) is 1.28. The molecule has 1 unspecified atom stereocenters. The molecule has 0 saturated carbocycles. The number of carboxylic acids is 1. The lowest BCUT2D eigenvalue weighted by atomic mass is 10.1. The van der Waals surface area contributed by atoms with Gasteiger partial charge in [-0.1, -0.05) is 41.9 Å². The Bertz CT molecular complexity index is 930. The zero-order valence-electron chi connectivity index (χ0n) is 16.7. The molecule has 6 heteroatoms. The molecular weight excluding hydrogens is 402 g/mol. The Morgan fingerprint density at radius 1 is 0.933 bits per heavy atom. The maximum Gasteiger partial charge on any atom is 0.317 e. The Kier molecular flexibility index (Phi) is 7.71. The molecule has 0 spiro atoms. The number of carboxylic acid groups (broad SMARTS) is 1. The number of carbonyl (C=O) groups is 1. The van der Waals surface area contributed by atoms with Crippen LogP contribution in [-0.4, -0.2) is 36.1 Å². The Balaban J connectivity index is 1.66. The minimum absolute atomic E-state index is 0.00174. The third kappa shape index (κ3) is 6.79. The van der Waals surface area contributed by atoms with E-state index in [1.807, 2.05) is 66.7 Å². The van der Waals surface area contributed by atoms with Crippen molar-refractivity contribution >= 4 is 17.6 Å². The Labute approximate surface area is 181 Å². The summed E-state index contributed by atoms with van der Waals surface area (Å²) in [7, 11) is 1.79. The van der Waals surface area contributed by atoms with Crippen molar-refractivity contribution in [3.63, 3.8) is 0 Å². The van der Waals surface area contributed by atoms with E-state index < -0.39 is 5.97 Å². The van der Waals surface area contributed by atoms with Crippen molar-refractivity contribution in [2.24, 2.45) is 0 Å². The summed E-state index contributed by atoms with van der Waals surface area (Å²) >= 11 is 5.90. The van der Waals surface area contributed by atoms with E-state index in [0.29, 0.717) is 35.2 Å². The molecule has 0 aliphatic carbocycles. The van der Waals surface area contributed by atoms with Crippen molar-refractivity contribution in [2.75, 3.05) is 20.1 Å². The van der Waals surface area contributed by atoms with E-state index in [1.165, 1.54) is 0 Å². The highest BCUT2D eigenvalue weighted by Crippen LogP contribution is 2.29. The van der Waals surface area contributed by atoms with Crippen molar-refractivity contribution in [3.8, 4) is 17.2 Å². The molecule has 1 atom stereocenters. The average Bonchev–Trinajstić information content (AvgIpc) is 2.74. The summed E-state index contributed by atoms with van der Waals surface area (Å²) in [5, 5.41) is 9.61. The molecule has 0 saturated heterocycles. The van der Waals surface area contributed by atoms with Gasteiger partial charge in [-0.05, 0) is 61.1 Å². The maximum atomic E-state index is 10.9. The first-order valence-electron chi connectivity index (χ1n) is 9.65. The van der Waals surface area contributed by atoms with Crippen LogP contribution in [0.5, 0.6) is 17.2 Å². The highest BCUT2D eigenvalue weighted by atomic mass is 35.5. The third-order valence-corrected chi connectivity index (χ3v) is 4.75. The van der Waals surface area contributed by atoms with Gasteiger partial charge in [0.15, 0.2) is 0 Å². The maximum absolute atomic E-state index is 10.9. The topological polar surface area (TPSA) is 59.0 Å². The van der Waals surface area contributed by atoms with Crippen molar-refractivity contribution in [3.05, 3.63) is 89.4 Å². The quantitative estimate of drug-likeness (QED) is 0.454. The number of hydrogen-bond acceptors (Lipinski definition) is 4. The predicted octanol–water partition coefficient (Wildman–Crippen LogP) is 5.66. The summed E-state index contributed by atoms with van der Waals surface area (Å²) in [5.41, 5.74) is 1.04. The number of likely N-dealkylation sites (N-methyl/N-ethyl adjacent to an activating group) is 1. The summed E-state index contributed by atoms with van der Waals surface area (Å²) in [6, 6.07) is 24.5. The van der Waals surface area contributed by atoms with Gasteiger partial charge >= 0.3 is 5.97 Å². The van der Waals surface area contributed by atoms with Gasteiger partial charge in [0.1, 0.15) is 23.4 Å². The molecule has 156 valence electrons. The number of halogens is 1. The second kappa shape index (κ2) is 10.7. The van der Waals surface area contributed by atoms with Crippen LogP contribution in [0.3, 0.4) is 0 Å². The van der Waals surface area contributed by atoms with E-state index in [2.05, 4.69) is 0 Å². The molecule has 0 heterocycles. The number of rotatable bonds is 10. The molecule has 0 bridgehead atoms. The zero-order chi connectivity index (χ0) is 21.3. The Morgan fingerprint density at radius 3 is 2.10 bits per heavy atom. The highest BCUT2D eigenvalue weighted by molar-refractivity contribution is 6.30. The van der Waals surface area contributed by atoms with Crippen LogP contribution in [0.25, 0.3) is 0 Å². The zero-order valence-corrected chi connectivity index (χ0v) is 17.5. The van der Waals surface area contributed by atoms with Crippen LogP contribution in [0.15, 0.2) is 78.9 Å².